The van der Waals surface area contributed by atoms with E-state index in [1.165, 1.54) is 5.56 Å². The van der Waals surface area contributed by atoms with Crippen molar-refractivity contribution in [1.29, 1.82) is 0 Å². The zero-order valence-electron chi connectivity index (χ0n) is 10.4. The van der Waals surface area contributed by atoms with E-state index in [0.29, 0.717) is 5.92 Å². The van der Waals surface area contributed by atoms with E-state index >= 15 is 0 Å². The van der Waals surface area contributed by atoms with Crippen LogP contribution in [0.1, 0.15) is 17.2 Å². The fraction of sp³-hybridized carbons (Fsp3) is 0.267. The maximum atomic E-state index is 4.48. The molecule has 0 aliphatic rings. The van der Waals surface area contributed by atoms with Crippen molar-refractivity contribution in [2.75, 3.05) is 20.6 Å². The number of nitrogens with zero attached hydrogens (tertiary/aromatic N) is 2. The van der Waals surface area contributed by atoms with Gasteiger partial charge in [-0.1, -0.05) is 36.4 Å². The molecule has 88 valence electrons. The van der Waals surface area contributed by atoms with Crippen molar-refractivity contribution < 1.29 is 0 Å². The Bertz CT molecular complexity index is 397. The van der Waals surface area contributed by atoms with Gasteiger partial charge in [-0.3, -0.25) is 4.98 Å². The summed E-state index contributed by atoms with van der Waals surface area (Å²) in [6.07, 6.45) is 1.86. The van der Waals surface area contributed by atoms with Gasteiger partial charge in [0.25, 0.3) is 0 Å². The largest absolute Gasteiger partial charge is 0.308 e. The summed E-state index contributed by atoms with van der Waals surface area (Å²) in [6.45, 7) is 0.973. The molecular weight excluding hydrogens is 208 g/mol. The summed E-state index contributed by atoms with van der Waals surface area (Å²) in [7, 11) is 4.19. The third-order valence-corrected chi connectivity index (χ3v) is 2.79. The number of aromatic nitrogens is 1. The minimum Gasteiger partial charge on any atom is -0.308 e. The monoisotopic (exact) mass is 226 g/mol. The van der Waals surface area contributed by atoms with Gasteiger partial charge in [0.2, 0.25) is 0 Å². The fourth-order valence-corrected chi connectivity index (χ4v) is 2.00. The second kappa shape index (κ2) is 5.60. The summed E-state index contributed by atoms with van der Waals surface area (Å²) in [5, 5.41) is 0. The van der Waals surface area contributed by atoms with Crippen molar-refractivity contribution in [2.24, 2.45) is 0 Å². The third-order valence-electron chi connectivity index (χ3n) is 2.79. The first-order chi connectivity index (χ1) is 8.27. The van der Waals surface area contributed by atoms with E-state index in [1.807, 2.05) is 18.3 Å². The Morgan fingerprint density at radius 3 is 2.29 bits per heavy atom. The van der Waals surface area contributed by atoms with Crippen LogP contribution in [0, 0.1) is 0 Å². The van der Waals surface area contributed by atoms with Crippen molar-refractivity contribution in [3.63, 3.8) is 0 Å². The van der Waals surface area contributed by atoms with Crippen LogP contribution in [-0.2, 0) is 0 Å². The summed E-state index contributed by atoms with van der Waals surface area (Å²) in [4.78, 5) is 6.68. The summed E-state index contributed by atoms with van der Waals surface area (Å²) >= 11 is 0. The molecule has 0 amide bonds. The van der Waals surface area contributed by atoms with Gasteiger partial charge in [-0.25, -0.2) is 0 Å². The highest BCUT2D eigenvalue weighted by atomic mass is 15.1. The van der Waals surface area contributed by atoms with Crippen LogP contribution < -0.4 is 0 Å². The Balaban J connectivity index is 2.32. The number of hydrogen-bond acceptors (Lipinski definition) is 2. The molecule has 1 atom stereocenters. The van der Waals surface area contributed by atoms with Gasteiger partial charge in [-0.05, 0) is 31.8 Å². The molecule has 0 aliphatic heterocycles. The maximum absolute atomic E-state index is 4.48. The topological polar surface area (TPSA) is 16.1 Å². The number of benzene rings is 1. The first-order valence-corrected chi connectivity index (χ1v) is 5.88. The summed E-state index contributed by atoms with van der Waals surface area (Å²) in [5.41, 5.74) is 2.45. The van der Waals surface area contributed by atoms with E-state index in [9.17, 15) is 0 Å². The molecule has 0 radical (unpaired) electrons. The molecule has 2 heteroatoms. The SMILES string of the molecule is CN(C)CC(c1ccccc1)c1ccccn1. The normalized spacial score (nSPS) is 12.6. The van der Waals surface area contributed by atoms with Gasteiger partial charge in [-0.15, -0.1) is 0 Å². The third kappa shape index (κ3) is 3.14. The smallest absolute Gasteiger partial charge is 0.0491 e. The average Bonchev–Trinajstić information content (AvgIpc) is 2.38. The standard InChI is InChI=1S/C15H18N2/c1-17(2)12-14(13-8-4-3-5-9-13)15-10-6-7-11-16-15/h3-11,14H,12H2,1-2H3. The van der Waals surface area contributed by atoms with Crippen molar-refractivity contribution in [1.82, 2.24) is 9.88 Å². The zero-order valence-corrected chi connectivity index (χ0v) is 10.4. The molecule has 0 saturated heterocycles. The number of hydrogen-bond donors (Lipinski definition) is 0. The molecular formula is C15H18N2. The van der Waals surface area contributed by atoms with Crippen LogP contribution >= 0.6 is 0 Å². The number of pyridine rings is 1. The molecule has 0 saturated carbocycles. The minimum atomic E-state index is 0.340. The molecule has 1 unspecified atom stereocenters. The Labute approximate surface area is 103 Å². The van der Waals surface area contributed by atoms with Crippen LogP contribution in [0.2, 0.25) is 0 Å². The molecule has 0 bridgehead atoms. The van der Waals surface area contributed by atoms with Gasteiger partial charge in [-0.2, -0.15) is 0 Å². The highest BCUT2D eigenvalue weighted by molar-refractivity contribution is 5.28. The molecule has 2 rings (SSSR count). The maximum Gasteiger partial charge on any atom is 0.0491 e. The van der Waals surface area contributed by atoms with Gasteiger partial charge < -0.3 is 4.90 Å². The lowest BCUT2D eigenvalue weighted by molar-refractivity contribution is 0.389. The fourth-order valence-electron chi connectivity index (χ4n) is 2.00. The van der Waals surface area contributed by atoms with E-state index in [0.717, 1.165) is 12.2 Å². The molecule has 0 N–H and O–H groups in total. The van der Waals surface area contributed by atoms with Crippen LogP contribution in [0.5, 0.6) is 0 Å². The van der Waals surface area contributed by atoms with Crippen LogP contribution in [0.25, 0.3) is 0 Å². The van der Waals surface area contributed by atoms with Crippen molar-refractivity contribution in [3.8, 4) is 0 Å². The Kier molecular flexibility index (Phi) is 3.89. The Morgan fingerprint density at radius 2 is 1.71 bits per heavy atom. The first kappa shape index (κ1) is 11.8. The van der Waals surface area contributed by atoms with E-state index in [2.05, 4.69) is 60.4 Å². The molecule has 2 aromatic rings. The van der Waals surface area contributed by atoms with Crippen LogP contribution in [0.3, 0.4) is 0 Å². The van der Waals surface area contributed by atoms with Gasteiger partial charge in [0.05, 0.1) is 0 Å². The summed E-state index contributed by atoms with van der Waals surface area (Å²) < 4.78 is 0. The summed E-state index contributed by atoms with van der Waals surface area (Å²) in [5.74, 6) is 0.340. The highest BCUT2D eigenvalue weighted by Gasteiger charge is 2.15. The Morgan fingerprint density at radius 1 is 1.00 bits per heavy atom. The summed E-state index contributed by atoms with van der Waals surface area (Å²) in [6, 6.07) is 16.7. The highest BCUT2D eigenvalue weighted by Crippen LogP contribution is 2.23. The van der Waals surface area contributed by atoms with E-state index in [-0.39, 0.29) is 0 Å². The zero-order chi connectivity index (χ0) is 12.1. The number of likely N-dealkylation sites (N-methyl/N-ethyl adjacent to an activating group) is 1. The van der Waals surface area contributed by atoms with E-state index < -0.39 is 0 Å². The molecule has 0 aliphatic carbocycles. The molecule has 2 nitrogen and oxygen atoms in total. The lowest BCUT2D eigenvalue weighted by Gasteiger charge is -2.21. The molecule has 1 aromatic heterocycles. The van der Waals surface area contributed by atoms with E-state index in [1.54, 1.807) is 0 Å². The molecule has 1 heterocycles. The van der Waals surface area contributed by atoms with Crippen molar-refractivity contribution >= 4 is 0 Å². The van der Waals surface area contributed by atoms with Gasteiger partial charge >= 0.3 is 0 Å². The Hall–Kier alpha value is -1.67. The lowest BCUT2D eigenvalue weighted by atomic mass is 9.95. The van der Waals surface area contributed by atoms with Gasteiger partial charge in [0, 0.05) is 24.4 Å². The quantitative estimate of drug-likeness (QED) is 0.797. The number of rotatable bonds is 4. The van der Waals surface area contributed by atoms with Crippen LogP contribution in [0.15, 0.2) is 54.7 Å². The van der Waals surface area contributed by atoms with Crippen molar-refractivity contribution in [2.45, 2.75) is 5.92 Å². The molecule has 17 heavy (non-hydrogen) atoms. The predicted molar refractivity (Wildman–Crippen MR) is 71.1 cm³/mol. The molecule has 0 spiro atoms. The average molecular weight is 226 g/mol. The van der Waals surface area contributed by atoms with Crippen LogP contribution in [0.4, 0.5) is 0 Å². The second-order valence-corrected chi connectivity index (χ2v) is 4.48. The van der Waals surface area contributed by atoms with Gasteiger partial charge in [0.15, 0.2) is 0 Å². The second-order valence-electron chi connectivity index (χ2n) is 4.48. The first-order valence-electron chi connectivity index (χ1n) is 5.88. The van der Waals surface area contributed by atoms with E-state index in [4.69, 9.17) is 0 Å². The predicted octanol–water partition coefficient (Wildman–Crippen LogP) is 2.78. The molecule has 0 fully saturated rings. The van der Waals surface area contributed by atoms with Gasteiger partial charge in [0.1, 0.15) is 0 Å². The lowest BCUT2D eigenvalue weighted by Crippen LogP contribution is -2.21. The minimum absolute atomic E-state index is 0.340. The van der Waals surface area contributed by atoms with Crippen molar-refractivity contribution in [3.05, 3.63) is 66.0 Å². The molecule has 1 aromatic carbocycles. The van der Waals surface area contributed by atoms with Crippen LogP contribution in [-0.4, -0.2) is 30.5 Å².